The summed E-state index contributed by atoms with van der Waals surface area (Å²) in [6, 6.07) is 0.317. The number of carbonyl (C=O) groups excluding carboxylic acids is 1. The van der Waals surface area contributed by atoms with Gasteiger partial charge in [-0.15, -0.1) is 13.2 Å². The molecule has 1 aromatic rings. The molecule has 10 heteroatoms. The lowest BCUT2D eigenvalue weighted by Crippen LogP contribution is -2.38. The summed E-state index contributed by atoms with van der Waals surface area (Å²) in [5.41, 5.74) is -1.19. The van der Waals surface area contributed by atoms with Gasteiger partial charge in [-0.2, -0.15) is 0 Å². The van der Waals surface area contributed by atoms with E-state index in [9.17, 15) is 27.2 Å². The fourth-order valence-corrected chi connectivity index (χ4v) is 1.62. The second kappa shape index (κ2) is 6.93. The average Bonchev–Trinajstić information content (AvgIpc) is 2.34. The monoisotopic (exact) mass is 353 g/mol. The number of hydrogen-bond donors (Lipinski definition) is 2. The molecule has 0 spiro atoms. The first kappa shape index (κ1) is 19.5. The van der Waals surface area contributed by atoms with E-state index < -0.39 is 41.6 Å². The summed E-state index contributed by atoms with van der Waals surface area (Å²) in [5.74, 6) is -4.10. The molecule has 0 bridgehead atoms. The Hall–Kier alpha value is -2.52. The minimum Gasteiger partial charge on any atom is -0.479 e. The fraction of sp³-hybridized carbons (Fsp3) is 0.429. The highest BCUT2D eigenvalue weighted by Crippen LogP contribution is 2.28. The quantitative estimate of drug-likeness (QED) is 0.811. The molecule has 0 aliphatic carbocycles. The molecule has 0 aromatic heterocycles. The molecular formula is C14H15F4NO5. The Morgan fingerprint density at radius 2 is 1.79 bits per heavy atom. The van der Waals surface area contributed by atoms with E-state index in [0.717, 1.165) is 6.07 Å². The van der Waals surface area contributed by atoms with Crippen LogP contribution in [-0.4, -0.2) is 29.1 Å². The standard InChI is InChI=1S/C14H15F4NO5/c1-13(2,3)24-12(22)19-10(11(20)21)7-4-5-9(8(15)6-7)23-14(16,17)18/h4-6,10H,1-3H3,(H,19,22)(H,20,21). The zero-order valence-corrected chi connectivity index (χ0v) is 12.9. The van der Waals surface area contributed by atoms with Crippen molar-refractivity contribution in [1.82, 2.24) is 5.32 Å². The van der Waals surface area contributed by atoms with Gasteiger partial charge in [-0.1, -0.05) is 6.07 Å². The highest BCUT2D eigenvalue weighted by Gasteiger charge is 2.33. The molecule has 134 valence electrons. The Kier molecular flexibility index (Phi) is 5.64. The summed E-state index contributed by atoms with van der Waals surface area (Å²) in [6.07, 6.45) is -6.17. The van der Waals surface area contributed by atoms with E-state index in [-0.39, 0.29) is 5.56 Å². The number of amides is 1. The number of aliphatic carboxylic acids is 1. The van der Waals surface area contributed by atoms with E-state index in [2.05, 4.69) is 4.74 Å². The van der Waals surface area contributed by atoms with Gasteiger partial charge in [0, 0.05) is 0 Å². The van der Waals surface area contributed by atoms with Crippen molar-refractivity contribution in [3.63, 3.8) is 0 Å². The number of benzene rings is 1. The third-order valence-electron chi connectivity index (χ3n) is 2.42. The molecule has 0 aliphatic heterocycles. The van der Waals surface area contributed by atoms with Crippen LogP contribution in [0.4, 0.5) is 22.4 Å². The van der Waals surface area contributed by atoms with Crippen LogP contribution in [0.2, 0.25) is 0 Å². The molecule has 2 N–H and O–H groups in total. The smallest absolute Gasteiger partial charge is 0.479 e. The van der Waals surface area contributed by atoms with Crippen LogP contribution in [0.1, 0.15) is 32.4 Å². The van der Waals surface area contributed by atoms with Crippen molar-refractivity contribution in [2.24, 2.45) is 0 Å². The fourth-order valence-electron chi connectivity index (χ4n) is 1.62. The van der Waals surface area contributed by atoms with Crippen LogP contribution in [0.15, 0.2) is 18.2 Å². The number of halogens is 4. The molecular weight excluding hydrogens is 338 g/mol. The van der Waals surface area contributed by atoms with Crippen LogP contribution in [0.25, 0.3) is 0 Å². The first-order chi connectivity index (χ1) is 10.8. The van der Waals surface area contributed by atoms with Crippen LogP contribution < -0.4 is 10.1 Å². The number of carboxylic acids is 1. The number of rotatable bonds is 4. The summed E-state index contributed by atoms with van der Waals surface area (Å²) in [4.78, 5) is 22.8. The van der Waals surface area contributed by atoms with E-state index in [1.54, 1.807) is 20.8 Å². The van der Waals surface area contributed by atoms with Crippen molar-refractivity contribution in [2.45, 2.75) is 38.8 Å². The van der Waals surface area contributed by atoms with Crippen LogP contribution in [0, 0.1) is 5.82 Å². The topological polar surface area (TPSA) is 84.9 Å². The van der Waals surface area contributed by atoms with Crippen molar-refractivity contribution in [2.75, 3.05) is 0 Å². The molecule has 0 radical (unpaired) electrons. The zero-order chi connectivity index (χ0) is 18.7. The molecule has 24 heavy (non-hydrogen) atoms. The third-order valence-corrected chi connectivity index (χ3v) is 2.42. The van der Waals surface area contributed by atoms with Crippen molar-refractivity contribution >= 4 is 12.1 Å². The van der Waals surface area contributed by atoms with Crippen LogP contribution in [-0.2, 0) is 9.53 Å². The Labute approximate surface area is 134 Å². The van der Waals surface area contributed by atoms with Crippen LogP contribution in [0.5, 0.6) is 5.75 Å². The van der Waals surface area contributed by atoms with E-state index in [1.165, 1.54) is 0 Å². The molecule has 1 rings (SSSR count). The molecule has 0 saturated heterocycles. The highest BCUT2D eigenvalue weighted by molar-refractivity contribution is 5.81. The van der Waals surface area contributed by atoms with Gasteiger partial charge in [0.15, 0.2) is 17.6 Å². The van der Waals surface area contributed by atoms with Gasteiger partial charge in [0.25, 0.3) is 0 Å². The van der Waals surface area contributed by atoms with E-state index in [1.807, 2.05) is 5.32 Å². The van der Waals surface area contributed by atoms with Crippen LogP contribution in [0.3, 0.4) is 0 Å². The third kappa shape index (κ3) is 6.31. The van der Waals surface area contributed by atoms with Gasteiger partial charge in [-0.25, -0.2) is 14.0 Å². The number of nitrogens with one attached hydrogen (secondary N) is 1. The number of carbonyl (C=O) groups is 2. The normalized spacial score (nSPS) is 13.1. The molecule has 6 nitrogen and oxygen atoms in total. The van der Waals surface area contributed by atoms with Crippen LogP contribution >= 0.6 is 0 Å². The largest absolute Gasteiger partial charge is 0.573 e. The van der Waals surface area contributed by atoms with Gasteiger partial charge in [0.05, 0.1) is 0 Å². The summed E-state index contributed by atoms with van der Waals surface area (Å²) in [5, 5.41) is 11.1. The molecule has 1 amide bonds. The minimum absolute atomic E-state index is 0.291. The van der Waals surface area contributed by atoms with E-state index in [0.29, 0.717) is 12.1 Å². The summed E-state index contributed by atoms with van der Waals surface area (Å²) >= 11 is 0. The molecule has 1 aromatic carbocycles. The van der Waals surface area contributed by atoms with Gasteiger partial charge in [0.2, 0.25) is 0 Å². The summed E-state index contributed by atoms with van der Waals surface area (Å²) < 4.78 is 58.2. The molecule has 0 heterocycles. The predicted octanol–water partition coefficient (Wildman–Crippen LogP) is 3.37. The zero-order valence-electron chi connectivity index (χ0n) is 12.9. The van der Waals surface area contributed by atoms with Gasteiger partial charge < -0.3 is 19.9 Å². The van der Waals surface area contributed by atoms with Gasteiger partial charge in [-0.3, -0.25) is 0 Å². The lowest BCUT2D eigenvalue weighted by atomic mass is 10.1. The summed E-state index contributed by atoms with van der Waals surface area (Å²) in [7, 11) is 0. The number of alkyl carbamates (subject to hydrolysis) is 1. The van der Waals surface area contributed by atoms with Crippen molar-refractivity contribution in [3.8, 4) is 5.75 Å². The maximum atomic E-state index is 13.7. The van der Waals surface area contributed by atoms with Crippen molar-refractivity contribution < 1.29 is 41.7 Å². The molecule has 1 atom stereocenters. The minimum atomic E-state index is -5.09. The van der Waals surface area contributed by atoms with Gasteiger partial charge >= 0.3 is 18.4 Å². The van der Waals surface area contributed by atoms with E-state index >= 15 is 0 Å². The average molecular weight is 353 g/mol. The van der Waals surface area contributed by atoms with Crippen molar-refractivity contribution in [3.05, 3.63) is 29.6 Å². The molecule has 0 saturated carbocycles. The Morgan fingerprint density at radius 1 is 1.21 bits per heavy atom. The van der Waals surface area contributed by atoms with E-state index in [4.69, 9.17) is 9.84 Å². The Balaban J connectivity index is 3.00. The first-order valence-electron chi connectivity index (χ1n) is 6.56. The number of ether oxygens (including phenoxy) is 2. The second-order valence-corrected chi connectivity index (χ2v) is 5.66. The molecule has 0 fully saturated rings. The maximum absolute atomic E-state index is 13.7. The lowest BCUT2D eigenvalue weighted by molar-refractivity contribution is -0.275. The Bertz CT molecular complexity index is 625. The predicted molar refractivity (Wildman–Crippen MR) is 72.8 cm³/mol. The number of hydrogen-bond acceptors (Lipinski definition) is 4. The number of carboxylic acid groups (broad SMARTS) is 1. The Morgan fingerprint density at radius 3 is 2.21 bits per heavy atom. The molecule has 0 aliphatic rings. The number of alkyl halides is 3. The summed E-state index contributed by atoms with van der Waals surface area (Å²) in [6.45, 7) is 4.64. The first-order valence-corrected chi connectivity index (χ1v) is 6.56. The molecule has 1 unspecified atom stereocenters. The highest BCUT2D eigenvalue weighted by atomic mass is 19.4. The second-order valence-electron chi connectivity index (χ2n) is 5.66. The van der Waals surface area contributed by atoms with Crippen molar-refractivity contribution in [1.29, 1.82) is 0 Å². The van der Waals surface area contributed by atoms with Gasteiger partial charge in [-0.05, 0) is 38.5 Å². The SMILES string of the molecule is CC(C)(C)OC(=O)NC(C(=O)O)c1ccc(OC(F)(F)F)c(F)c1. The van der Waals surface area contributed by atoms with Gasteiger partial charge in [0.1, 0.15) is 5.60 Å². The maximum Gasteiger partial charge on any atom is 0.573 e. The lowest BCUT2D eigenvalue weighted by Gasteiger charge is -2.22.